The van der Waals surface area contributed by atoms with Gasteiger partial charge in [0.25, 0.3) is 0 Å². The maximum Gasteiger partial charge on any atom is 0.521 e. The molecule has 8 fully saturated rings. The summed E-state index contributed by atoms with van der Waals surface area (Å²) in [5.41, 5.74) is 4.49. The predicted molar refractivity (Wildman–Crippen MR) is 228 cm³/mol. The van der Waals surface area contributed by atoms with Crippen molar-refractivity contribution in [1.29, 1.82) is 0 Å². The summed E-state index contributed by atoms with van der Waals surface area (Å²) < 4.78 is 25.0. The second kappa shape index (κ2) is 18.6. The van der Waals surface area contributed by atoms with E-state index in [1.807, 2.05) is 13.8 Å². The van der Waals surface area contributed by atoms with Gasteiger partial charge in [0.05, 0.1) is 29.5 Å². The van der Waals surface area contributed by atoms with Crippen LogP contribution in [0.5, 0.6) is 0 Å². The van der Waals surface area contributed by atoms with E-state index in [1.54, 1.807) is 13.8 Å². The Morgan fingerprint density at radius 2 is 1.11 bits per heavy atom. The average Bonchev–Trinajstić information content (AvgIpc) is 3.68. The van der Waals surface area contributed by atoms with Gasteiger partial charge in [-0.15, -0.1) is 18.5 Å². The summed E-state index contributed by atoms with van der Waals surface area (Å²) >= 11 is 0. The fraction of sp³-hybridized carbons (Fsp3) is 0.875. The van der Waals surface area contributed by atoms with Gasteiger partial charge in [0, 0.05) is 18.3 Å². The summed E-state index contributed by atoms with van der Waals surface area (Å²) in [7, 11) is 4.57. The number of carboxylic acids is 1. The van der Waals surface area contributed by atoms with Crippen molar-refractivity contribution in [3.8, 4) is 0 Å². The molecule has 8 rings (SSSR count). The zero-order valence-corrected chi connectivity index (χ0v) is 38.9. The highest BCUT2D eigenvalue weighted by Crippen LogP contribution is 2.67. The van der Waals surface area contributed by atoms with Gasteiger partial charge in [-0.1, -0.05) is 48.5 Å². The summed E-state index contributed by atoms with van der Waals surface area (Å²) in [5, 5.41) is 13.7. The third-order valence-electron chi connectivity index (χ3n) is 14.6. The molecule has 0 aromatic rings. The smallest absolute Gasteiger partial charge is 0.480 e. The van der Waals surface area contributed by atoms with Gasteiger partial charge in [0.15, 0.2) is 5.78 Å². The molecule has 2 saturated heterocycles. The van der Waals surface area contributed by atoms with Crippen molar-refractivity contribution in [3.05, 3.63) is 7.43 Å². The summed E-state index contributed by atoms with van der Waals surface area (Å²) in [5.74, 6) is 1.36. The number of rotatable bonds is 12. The van der Waals surface area contributed by atoms with E-state index in [0.29, 0.717) is 53.4 Å². The SMILES string of the molecule is CC(CP)C(=O)NC(C)C(=O)C[C@@H](C)B1O[C@@H]2C[C@@H]3C[C@@H](C3(C)C)[C@]2(C)O1.CC(CP)C(=O)NC(C)C(=O)O.C[C@H]([NH3+])B1O[C@@H]2C[C@@H]3C[C@@H](C3(C)C)[C@]2(C)O1.[CH3-]. The van der Waals surface area contributed by atoms with Gasteiger partial charge in [0.2, 0.25) is 11.8 Å². The van der Waals surface area contributed by atoms with Gasteiger partial charge in [-0.2, -0.15) is 0 Å². The van der Waals surface area contributed by atoms with Crippen LogP contribution in [0.15, 0.2) is 0 Å². The van der Waals surface area contributed by atoms with E-state index in [1.165, 1.54) is 26.2 Å². The van der Waals surface area contributed by atoms with Gasteiger partial charge < -0.3 is 47.5 Å². The average molecular weight is 826 g/mol. The van der Waals surface area contributed by atoms with Crippen LogP contribution in [0.3, 0.4) is 0 Å². The molecule has 16 heteroatoms. The van der Waals surface area contributed by atoms with E-state index < -0.39 is 18.1 Å². The van der Waals surface area contributed by atoms with Crippen molar-refractivity contribution < 1.29 is 48.6 Å². The number of nitrogens with one attached hydrogen (secondary N) is 2. The number of carbonyl (C=O) groups excluding carboxylic acids is 3. The van der Waals surface area contributed by atoms with Crippen molar-refractivity contribution in [1.82, 2.24) is 10.6 Å². The molecule has 2 heterocycles. The number of ketones is 1. The lowest BCUT2D eigenvalue weighted by Crippen LogP contribution is -2.68. The quantitative estimate of drug-likeness (QED) is 0.125. The van der Waals surface area contributed by atoms with E-state index in [4.69, 9.17) is 23.7 Å². The van der Waals surface area contributed by atoms with E-state index >= 15 is 0 Å². The van der Waals surface area contributed by atoms with E-state index in [0.717, 1.165) is 12.3 Å². The Balaban J connectivity index is 0.000000246. The van der Waals surface area contributed by atoms with E-state index in [-0.39, 0.29) is 80.2 Å². The number of carboxylic acid groups (broad SMARTS) is 1. The molecule has 6 N–H and O–H groups in total. The van der Waals surface area contributed by atoms with Crippen LogP contribution in [0.1, 0.15) is 115 Å². The van der Waals surface area contributed by atoms with Crippen LogP contribution in [0.25, 0.3) is 0 Å². The fourth-order valence-corrected chi connectivity index (χ4v) is 10.4. The largest absolute Gasteiger partial charge is 0.521 e. The minimum Gasteiger partial charge on any atom is -0.480 e. The normalized spacial score (nSPS) is 35.6. The molecule has 0 aromatic carbocycles. The first-order valence-corrected chi connectivity index (χ1v) is 22.2. The van der Waals surface area contributed by atoms with Crippen LogP contribution in [-0.4, -0.2) is 96.7 Å². The van der Waals surface area contributed by atoms with Crippen LogP contribution in [0.4, 0.5) is 0 Å². The van der Waals surface area contributed by atoms with E-state index in [2.05, 4.69) is 83.3 Å². The number of hydrogen-bond acceptors (Lipinski definition) is 8. The molecule has 12 nitrogen and oxygen atoms in total. The van der Waals surface area contributed by atoms with Crippen molar-refractivity contribution in [2.75, 3.05) is 12.3 Å². The lowest BCUT2D eigenvalue weighted by molar-refractivity contribution is -0.391. The van der Waals surface area contributed by atoms with Crippen molar-refractivity contribution in [2.24, 2.45) is 46.3 Å². The molecule has 8 aliphatic rings. The maximum absolute atomic E-state index is 12.6. The van der Waals surface area contributed by atoms with Crippen LogP contribution in [0.2, 0.25) is 5.82 Å². The molecule has 320 valence electrons. The number of quaternary nitrogens is 1. The monoisotopic (exact) mass is 826 g/mol. The standard InChI is InChI=1S/C20H35BNO4P.C12H22BNO2.C7H14NO3P.CH3/c1-11(10-27)18(24)22-13(3)15(23)7-12(2)21-25-17-9-14-8-16(19(14,4)5)20(17,6)26-21;1-7(14)13-15-10-6-8-5-9(11(8,2)3)12(10,4)16-13;1-4(3-12)6(9)8-5(2)7(10)11;/h11-14,16-17H,7-10,27H2,1-6H3,(H,22,24);7-10H,5-6,14H2,1-4H3;4-5H,3,12H2,1-2H3,(H,8,9)(H,10,11);1H3/q;;;-1/p+1/t11?,12-,13?,14+,16+,17-,20+;7-,8-,9-,10+,12-;;/m10../s1. The number of carbonyl (C=O) groups is 4. The van der Waals surface area contributed by atoms with Gasteiger partial charge in [-0.25, -0.2) is 0 Å². The molecule has 0 spiro atoms. The fourth-order valence-electron chi connectivity index (χ4n) is 9.95. The first kappa shape index (κ1) is 49.2. The minimum atomic E-state index is -1.01. The minimum absolute atomic E-state index is 0. The Kier molecular flexibility index (Phi) is 16.4. The van der Waals surface area contributed by atoms with Crippen LogP contribution >= 0.6 is 18.5 Å². The lowest BCUT2D eigenvalue weighted by atomic mass is 9.43. The van der Waals surface area contributed by atoms with Gasteiger partial charge >= 0.3 is 20.2 Å². The topological polar surface area (TPSA) is 177 Å². The van der Waals surface area contributed by atoms with Crippen molar-refractivity contribution in [2.45, 2.75) is 162 Å². The highest BCUT2D eigenvalue weighted by Gasteiger charge is 2.69. The Bertz CT molecular complexity index is 1430. The third-order valence-corrected chi connectivity index (χ3v) is 16.0. The molecule has 6 aliphatic carbocycles. The Morgan fingerprint density at radius 3 is 1.48 bits per heavy atom. The van der Waals surface area contributed by atoms with E-state index in [9.17, 15) is 19.2 Å². The maximum atomic E-state index is 12.6. The van der Waals surface area contributed by atoms with Crippen LogP contribution in [0, 0.1) is 53.8 Å². The zero-order chi connectivity index (χ0) is 41.6. The Labute approximate surface area is 343 Å². The van der Waals surface area contributed by atoms with Crippen molar-refractivity contribution in [3.63, 3.8) is 0 Å². The number of Topliss-reactive ketones (excluding diaryl/α,β-unsaturated/α-hetero) is 1. The lowest BCUT2D eigenvalue weighted by Gasteiger charge is -2.64. The molecule has 0 aromatic heterocycles. The molecule has 4 bridgehead atoms. The first-order valence-electron chi connectivity index (χ1n) is 20.6. The summed E-state index contributed by atoms with van der Waals surface area (Å²) in [4.78, 5) is 46.0. The summed E-state index contributed by atoms with van der Waals surface area (Å²) in [6.07, 6.45) is 6.88. The molecule has 2 amide bonds. The van der Waals surface area contributed by atoms with Gasteiger partial charge in [-0.05, 0) is 113 Å². The predicted octanol–water partition coefficient (Wildman–Crippen LogP) is 4.50. The summed E-state index contributed by atoms with van der Waals surface area (Å²) in [6.45, 7) is 24.8. The van der Waals surface area contributed by atoms with Crippen LogP contribution < -0.4 is 16.4 Å². The zero-order valence-electron chi connectivity index (χ0n) is 36.6. The first-order chi connectivity index (χ1) is 25.3. The molecular formula is C40H75B2N3O9P2. The van der Waals surface area contributed by atoms with Crippen LogP contribution in [-0.2, 0) is 37.8 Å². The number of amides is 2. The highest BCUT2D eigenvalue weighted by molar-refractivity contribution is 7.16. The van der Waals surface area contributed by atoms with Gasteiger partial charge in [-0.3, -0.25) is 19.2 Å². The second-order valence-corrected chi connectivity index (χ2v) is 20.3. The Hall–Kier alpha value is -1.13. The highest BCUT2D eigenvalue weighted by atomic mass is 31.0. The Morgan fingerprint density at radius 1 is 0.714 bits per heavy atom. The molecule has 0 radical (unpaired) electrons. The third kappa shape index (κ3) is 9.74. The second-order valence-electron chi connectivity index (χ2n) is 19.4. The number of aliphatic carboxylic acids is 1. The number of hydrogen-bond donors (Lipinski definition) is 4. The molecule has 6 unspecified atom stereocenters. The molecule has 56 heavy (non-hydrogen) atoms. The summed E-state index contributed by atoms with van der Waals surface area (Å²) in [6, 6.07) is -1.29. The molecule has 2 aliphatic heterocycles. The molecule has 16 atom stereocenters. The van der Waals surface area contributed by atoms with Crippen molar-refractivity contribution >= 4 is 56.3 Å². The molecule has 6 saturated carbocycles. The van der Waals surface area contributed by atoms with Gasteiger partial charge in [0.1, 0.15) is 12.0 Å². The molecular weight excluding hydrogens is 750 g/mol.